The first-order valence-corrected chi connectivity index (χ1v) is 13.4. The number of aliphatic hydroxyl groups excluding tert-OH is 1. The number of fused-ring (bicyclic) bond motifs is 1. The van der Waals surface area contributed by atoms with E-state index < -0.39 is 0 Å². The van der Waals surface area contributed by atoms with Gasteiger partial charge < -0.3 is 30.2 Å². The van der Waals surface area contributed by atoms with Crippen LogP contribution in [0.5, 0.6) is 0 Å². The molecule has 6 rings (SSSR count). The number of aryl methyl sites for hydroxylation is 1. The van der Waals surface area contributed by atoms with Crippen LogP contribution in [0.2, 0.25) is 0 Å². The highest BCUT2D eigenvalue weighted by Gasteiger charge is 2.17. The van der Waals surface area contributed by atoms with Gasteiger partial charge in [0.15, 0.2) is 0 Å². The highest BCUT2D eigenvalue weighted by Crippen LogP contribution is 2.31. The van der Waals surface area contributed by atoms with Crippen molar-refractivity contribution in [1.29, 1.82) is 0 Å². The van der Waals surface area contributed by atoms with Crippen LogP contribution in [0.1, 0.15) is 33.7 Å². The highest BCUT2D eigenvalue weighted by atomic mass is 16.3. The zero-order chi connectivity index (χ0) is 27.6. The molecular weight excluding hydrogens is 502 g/mol. The third kappa shape index (κ3) is 5.21. The number of nitrogens with one attached hydrogen (secondary N) is 3. The number of hydrogen-bond acceptors (Lipinski definition) is 4. The molecule has 2 aromatic heterocycles. The number of carbonyl (C=O) groups is 2. The summed E-state index contributed by atoms with van der Waals surface area (Å²) >= 11 is 0. The molecule has 8 nitrogen and oxygen atoms in total. The van der Waals surface area contributed by atoms with Crippen molar-refractivity contribution in [3.05, 3.63) is 103 Å². The molecule has 0 unspecified atom stereocenters. The van der Waals surface area contributed by atoms with E-state index in [1.54, 1.807) is 10.6 Å². The van der Waals surface area contributed by atoms with Crippen LogP contribution in [-0.4, -0.2) is 45.7 Å². The van der Waals surface area contributed by atoms with Gasteiger partial charge in [-0.3, -0.25) is 9.59 Å². The Morgan fingerprint density at radius 3 is 2.27 bits per heavy atom. The Morgan fingerprint density at radius 1 is 0.875 bits per heavy atom. The molecule has 0 aliphatic carbocycles. The van der Waals surface area contributed by atoms with Crippen molar-refractivity contribution < 1.29 is 14.7 Å². The van der Waals surface area contributed by atoms with E-state index in [0.717, 1.165) is 59.3 Å². The van der Waals surface area contributed by atoms with Crippen molar-refractivity contribution in [2.75, 3.05) is 28.6 Å². The molecule has 2 amide bonds. The van der Waals surface area contributed by atoms with Gasteiger partial charge in [0.1, 0.15) is 5.69 Å². The summed E-state index contributed by atoms with van der Waals surface area (Å²) in [6.07, 6.45) is 5.13. The average Bonchev–Trinajstić information content (AvgIpc) is 3.60. The summed E-state index contributed by atoms with van der Waals surface area (Å²) in [5, 5.41) is 16.7. The van der Waals surface area contributed by atoms with Crippen molar-refractivity contribution in [3.63, 3.8) is 0 Å². The zero-order valence-corrected chi connectivity index (χ0v) is 22.2. The molecule has 3 aromatic carbocycles. The molecule has 0 bridgehead atoms. The molecule has 5 aromatic rings. The fourth-order valence-electron chi connectivity index (χ4n) is 5.22. The Hall–Kier alpha value is -4.82. The molecule has 202 valence electrons. The van der Waals surface area contributed by atoms with Crippen LogP contribution < -0.4 is 15.5 Å². The van der Waals surface area contributed by atoms with E-state index >= 15 is 0 Å². The zero-order valence-electron chi connectivity index (χ0n) is 22.2. The van der Waals surface area contributed by atoms with Crippen LogP contribution in [0, 0.1) is 0 Å². The van der Waals surface area contributed by atoms with E-state index in [-0.39, 0.29) is 17.9 Å². The van der Waals surface area contributed by atoms with Crippen LogP contribution in [-0.2, 0) is 7.05 Å². The number of anilines is 3. The largest absolute Gasteiger partial charge is 0.393 e. The van der Waals surface area contributed by atoms with Crippen molar-refractivity contribution >= 4 is 39.8 Å². The van der Waals surface area contributed by atoms with Gasteiger partial charge in [-0.2, -0.15) is 0 Å². The monoisotopic (exact) mass is 533 g/mol. The van der Waals surface area contributed by atoms with Crippen LogP contribution in [0.3, 0.4) is 0 Å². The lowest BCUT2D eigenvalue weighted by atomic mass is 10.0. The van der Waals surface area contributed by atoms with Gasteiger partial charge in [0.25, 0.3) is 11.8 Å². The second-order valence-electron chi connectivity index (χ2n) is 10.2. The van der Waals surface area contributed by atoms with Gasteiger partial charge in [0, 0.05) is 71.6 Å². The van der Waals surface area contributed by atoms with Crippen molar-refractivity contribution in [3.8, 4) is 11.1 Å². The molecule has 0 atom stereocenters. The number of aromatic amines is 1. The van der Waals surface area contributed by atoms with Gasteiger partial charge in [0.05, 0.1) is 6.10 Å². The van der Waals surface area contributed by atoms with Crippen molar-refractivity contribution in [2.24, 2.45) is 7.05 Å². The Bertz CT molecular complexity index is 1660. The number of aliphatic hydroxyl groups is 1. The van der Waals surface area contributed by atoms with Gasteiger partial charge >= 0.3 is 0 Å². The number of carbonyl (C=O) groups excluding carboxylic acids is 2. The SMILES string of the molecule is Cn1cccc1C(=O)Nc1ccc2c(-c3ccc(C(=O)Nc4ccc(N5CCC(O)CC5)cc4)cc3)c[nH]c2c1. The number of amides is 2. The number of hydrogen-bond donors (Lipinski definition) is 4. The van der Waals surface area contributed by atoms with Gasteiger partial charge in [0.2, 0.25) is 0 Å². The van der Waals surface area contributed by atoms with Crippen molar-refractivity contribution in [2.45, 2.75) is 18.9 Å². The fourth-order valence-corrected chi connectivity index (χ4v) is 5.22. The Kier molecular flexibility index (Phi) is 6.84. The molecule has 1 saturated heterocycles. The fraction of sp³-hybridized carbons (Fsp3) is 0.188. The van der Waals surface area contributed by atoms with Crippen LogP contribution in [0.15, 0.2) is 91.3 Å². The van der Waals surface area contributed by atoms with Crippen molar-refractivity contribution in [1.82, 2.24) is 9.55 Å². The minimum atomic E-state index is -0.204. The van der Waals surface area contributed by atoms with E-state index in [4.69, 9.17) is 0 Å². The molecule has 40 heavy (non-hydrogen) atoms. The first-order valence-electron chi connectivity index (χ1n) is 13.4. The maximum Gasteiger partial charge on any atom is 0.272 e. The van der Waals surface area contributed by atoms with E-state index in [9.17, 15) is 14.7 Å². The first-order chi connectivity index (χ1) is 19.4. The number of benzene rings is 3. The number of nitrogens with zero attached hydrogens (tertiary/aromatic N) is 2. The molecule has 4 N–H and O–H groups in total. The smallest absolute Gasteiger partial charge is 0.272 e. The number of aromatic nitrogens is 2. The summed E-state index contributed by atoms with van der Waals surface area (Å²) < 4.78 is 1.78. The van der Waals surface area contributed by atoms with Crippen LogP contribution in [0.4, 0.5) is 17.1 Å². The number of H-pyrrole nitrogens is 1. The van der Waals surface area contributed by atoms with Gasteiger partial charge in [-0.05, 0) is 79.1 Å². The molecule has 3 heterocycles. The minimum absolute atomic E-state index is 0.161. The molecule has 1 aliphatic rings. The molecular formula is C32H31N5O3. The summed E-state index contributed by atoms with van der Waals surface area (Å²) in [6.45, 7) is 1.67. The summed E-state index contributed by atoms with van der Waals surface area (Å²) in [5.41, 5.74) is 6.62. The molecule has 0 spiro atoms. The second kappa shape index (κ2) is 10.7. The number of piperidine rings is 1. The quantitative estimate of drug-likeness (QED) is 0.227. The van der Waals surface area contributed by atoms with E-state index in [1.807, 2.05) is 92.2 Å². The molecule has 1 fully saturated rings. The molecule has 8 heteroatoms. The number of rotatable bonds is 6. The van der Waals surface area contributed by atoms with E-state index in [2.05, 4.69) is 20.5 Å². The summed E-state index contributed by atoms with van der Waals surface area (Å²) in [7, 11) is 1.84. The van der Waals surface area contributed by atoms with Crippen LogP contribution >= 0.6 is 0 Å². The molecule has 1 aliphatic heterocycles. The maximum atomic E-state index is 12.9. The lowest BCUT2D eigenvalue weighted by Crippen LogP contribution is -2.35. The molecule has 0 radical (unpaired) electrons. The third-order valence-electron chi connectivity index (χ3n) is 7.53. The third-order valence-corrected chi connectivity index (χ3v) is 7.53. The summed E-state index contributed by atoms with van der Waals surface area (Å²) in [5.74, 6) is -0.330. The highest BCUT2D eigenvalue weighted by molar-refractivity contribution is 6.06. The predicted molar refractivity (Wildman–Crippen MR) is 159 cm³/mol. The standard InChI is InChI=1S/C32H31N5O3/c1-36-16-2-3-30(36)32(40)35-24-10-13-27-28(20-33-29(27)19-24)21-4-6-22(7-5-21)31(39)34-23-8-11-25(12-9-23)37-17-14-26(38)15-18-37/h2-13,16,19-20,26,33,38H,14-15,17-18H2,1H3,(H,34,39)(H,35,40). The average molecular weight is 534 g/mol. The summed E-state index contributed by atoms with van der Waals surface area (Å²) in [4.78, 5) is 31.0. The normalized spacial score (nSPS) is 13.9. The van der Waals surface area contributed by atoms with E-state index in [1.165, 1.54) is 0 Å². The van der Waals surface area contributed by atoms with Gasteiger partial charge in [-0.1, -0.05) is 18.2 Å². The van der Waals surface area contributed by atoms with E-state index in [0.29, 0.717) is 16.9 Å². The molecule has 0 saturated carbocycles. The van der Waals surface area contributed by atoms with Gasteiger partial charge in [-0.15, -0.1) is 0 Å². The maximum absolute atomic E-state index is 12.9. The Labute approximate surface area is 232 Å². The second-order valence-corrected chi connectivity index (χ2v) is 10.2. The lowest BCUT2D eigenvalue weighted by Gasteiger charge is -2.31. The topological polar surface area (TPSA) is 102 Å². The lowest BCUT2D eigenvalue weighted by molar-refractivity contribution is 0.101. The summed E-state index contributed by atoms with van der Waals surface area (Å²) in [6, 6.07) is 24.8. The van der Waals surface area contributed by atoms with Crippen LogP contribution in [0.25, 0.3) is 22.0 Å². The predicted octanol–water partition coefficient (Wildman–Crippen LogP) is 5.64. The van der Waals surface area contributed by atoms with Gasteiger partial charge in [-0.25, -0.2) is 0 Å². The minimum Gasteiger partial charge on any atom is -0.393 e. The Balaban J connectivity index is 1.11. The first kappa shape index (κ1) is 25.5. The Morgan fingerprint density at radius 2 is 1.57 bits per heavy atom.